The number of hydrogen-bond acceptors (Lipinski definition) is 5. The number of anilines is 2. The van der Waals surface area contributed by atoms with Gasteiger partial charge in [0.15, 0.2) is 0 Å². The van der Waals surface area contributed by atoms with Crippen molar-refractivity contribution >= 4 is 51.0 Å². The molecule has 2 N–H and O–H groups in total. The molecule has 0 fully saturated rings. The first-order valence-corrected chi connectivity index (χ1v) is 12.8. The summed E-state index contributed by atoms with van der Waals surface area (Å²) < 4.78 is 0. The fourth-order valence-electron chi connectivity index (χ4n) is 4.38. The minimum absolute atomic E-state index is 0.0582. The predicted molar refractivity (Wildman–Crippen MR) is 143 cm³/mol. The molecule has 0 spiro atoms. The Morgan fingerprint density at radius 3 is 2.46 bits per heavy atom. The number of para-hydroxylation sites is 2. The van der Waals surface area contributed by atoms with Gasteiger partial charge in [-0.25, -0.2) is 0 Å². The van der Waals surface area contributed by atoms with Crippen LogP contribution in [0, 0.1) is 6.92 Å². The van der Waals surface area contributed by atoms with E-state index >= 15 is 0 Å². The van der Waals surface area contributed by atoms with Crippen molar-refractivity contribution in [2.75, 3.05) is 29.6 Å². The van der Waals surface area contributed by atoms with Crippen molar-refractivity contribution in [3.05, 3.63) is 71.8 Å². The molecule has 2 atom stereocenters. The smallest absolute Gasteiger partial charge is 0.285 e. The van der Waals surface area contributed by atoms with E-state index in [1.165, 1.54) is 0 Å². The van der Waals surface area contributed by atoms with E-state index in [9.17, 15) is 14.4 Å². The van der Waals surface area contributed by atoms with Crippen LogP contribution in [-0.4, -0.2) is 49.0 Å². The lowest BCUT2D eigenvalue weighted by Crippen LogP contribution is -2.55. The van der Waals surface area contributed by atoms with Gasteiger partial charge >= 0.3 is 0 Å². The normalized spacial score (nSPS) is 16.6. The van der Waals surface area contributed by atoms with Gasteiger partial charge in [-0.05, 0) is 61.2 Å². The molecule has 0 bridgehead atoms. The highest BCUT2D eigenvalue weighted by Crippen LogP contribution is 2.36. The molecule has 4 rings (SSSR count). The maximum absolute atomic E-state index is 14.0. The SMILES string of the molecule is CN[C@@H](C)C(=O)N[C@H]1CN(C(=O)SC)c2ccccc2N(Cc2c(C)ccc3ccccc23)C1=O. The van der Waals surface area contributed by atoms with E-state index in [2.05, 4.69) is 34.9 Å². The van der Waals surface area contributed by atoms with Gasteiger partial charge in [0.25, 0.3) is 11.1 Å². The third-order valence-electron chi connectivity index (χ3n) is 6.52. The van der Waals surface area contributed by atoms with E-state index in [4.69, 9.17) is 0 Å². The Morgan fingerprint density at radius 2 is 1.74 bits per heavy atom. The number of fused-ring (bicyclic) bond motifs is 2. The van der Waals surface area contributed by atoms with Crippen LogP contribution in [0.4, 0.5) is 16.2 Å². The zero-order valence-corrected chi connectivity index (χ0v) is 21.2. The van der Waals surface area contributed by atoms with Gasteiger partial charge in [0.2, 0.25) is 5.91 Å². The van der Waals surface area contributed by atoms with Crippen molar-refractivity contribution in [1.29, 1.82) is 0 Å². The number of nitrogens with zero attached hydrogens (tertiary/aromatic N) is 2. The second-order valence-electron chi connectivity index (χ2n) is 8.65. The maximum atomic E-state index is 14.0. The van der Waals surface area contributed by atoms with Gasteiger partial charge in [-0.15, -0.1) is 0 Å². The molecule has 8 heteroatoms. The molecule has 3 aromatic carbocycles. The minimum atomic E-state index is -0.892. The largest absolute Gasteiger partial charge is 0.341 e. The summed E-state index contributed by atoms with van der Waals surface area (Å²) in [4.78, 5) is 43.0. The minimum Gasteiger partial charge on any atom is -0.341 e. The molecule has 1 heterocycles. The van der Waals surface area contributed by atoms with Gasteiger partial charge in [-0.1, -0.05) is 60.3 Å². The van der Waals surface area contributed by atoms with Gasteiger partial charge in [-0.2, -0.15) is 0 Å². The van der Waals surface area contributed by atoms with Gasteiger partial charge in [0, 0.05) is 0 Å². The van der Waals surface area contributed by atoms with Gasteiger partial charge in [0.1, 0.15) is 6.04 Å². The van der Waals surface area contributed by atoms with Crippen LogP contribution >= 0.6 is 11.8 Å². The molecule has 3 aromatic rings. The number of carbonyl (C=O) groups is 3. The van der Waals surface area contributed by atoms with E-state index < -0.39 is 12.1 Å². The molecule has 1 aliphatic heterocycles. The summed E-state index contributed by atoms with van der Waals surface area (Å²) >= 11 is 1.08. The van der Waals surface area contributed by atoms with Crippen LogP contribution in [0.25, 0.3) is 10.8 Å². The summed E-state index contributed by atoms with van der Waals surface area (Å²) in [7, 11) is 1.69. The van der Waals surface area contributed by atoms with Crippen molar-refractivity contribution < 1.29 is 14.4 Å². The van der Waals surface area contributed by atoms with Crippen molar-refractivity contribution in [3.8, 4) is 0 Å². The number of benzene rings is 3. The number of aryl methyl sites for hydroxylation is 1. The number of nitrogens with one attached hydrogen (secondary N) is 2. The number of amides is 3. The van der Waals surface area contributed by atoms with E-state index in [1.54, 1.807) is 30.0 Å². The average Bonchev–Trinajstić information content (AvgIpc) is 2.99. The molecular weight excluding hydrogens is 460 g/mol. The molecule has 35 heavy (non-hydrogen) atoms. The third kappa shape index (κ3) is 4.90. The lowest BCUT2D eigenvalue weighted by atomic mass is 9.99. The van der Waals surface area contributed by atoms with Gasteiger partial charge in [0.05, 0.1) is 30.5 Å². The number of thioether (sulfide) groups is 1. The highest BCUT2D eigenvalue weighted by molar-refractivity contribution is 8.13. The lowest BCUT2D eigenvalue weighted by molar-refractivity contribution is -0.128. The molecule has 0 unspecified atom stereocenters. The quantitative estimate of drug-likeness (QED) is 0.563. The molecule has 7 nitrogen and oxygen atoms in total. The van der Waals surface area contributed by atoms with Crippen molar-refractivity contribution in [2.45, 2.75) is 32.5 Å². The highest BCUT2D eigenvalue weighted by atomic mass is 32.2. The molecule has 182 valence electrons. The standard InChI is InChI=1S/C27H30N4O3S/c1-17-13-14-19-9-5-6-10-20(19)21(17)15-30-23-11-7-8-12-24(23)31(27(34)35-4)16-22(26(30)33)29-25(32)18(2)28-3/h5-14,18,22,28H,15-16H2,1-4H3,(H,29,32)/t18-,22-/m0/s1. The molecule has 0 aliphatic carbocycles. The Bertz CT molecular complexity index is 1280. The van der Waals surface area contributed by atoms with Crippen molar-refractivity contribution in [3.63, 3.8) is 0 Å². The monoisotopic (exact) mass is 490 g/mol. The average molecular weight is 491 g/mol. The van der Waals surface area contributed by atoms with Crippen LogP contribution in [-0.2, 0) is 16.1 Å². The van der Waals surface area contributed by atoms with Crippen LogP contribution in [0.2, 0.25) is 0 Å². The predicted octanol–water partition coefficient (Wildman–Crippen LogP) is 4.08. The maximum Gasteiger partial charge on any atom is 0.285 e. The summed E-state index contributed by atoms with van der Waals surface area (Å²) in [5.74, 6) is -0.549. The first-order chi connectivity index (χ1) is 16.8. The summed E-state index contributed by atoms with van der Waals surface area (Å²) in [6, 6.07) is 18.3. The zero-order valence-electron chi connectivity index (χ0n) is 20.4. The van der Waals surface area contributed by atoms with E-state index in [0.717, 1.165) is 33.7 Å². The van der Waals surface area contributed by atoms with Crippen molar-refractivity contribution in [1.82, 2.24) is 10.6 Å². The van der Waals surface area contributed by atoms with Crippen LogP contribution in [0.3, 0.4) is 0 Å². The molecule has 0 saturated carbocycles. The Morgan fingerprint density at radius 1 is 1.06 bits per heavy atom. The Labute approximate surface area is 209 Å². The molecule has 0 radical (unpaired) electrons. The lowest BCUT2D eigenvalue weighted by Gasteiger charge is -2.27. The third-order valence-corrected chi connectivity index (χ3v) is 7.09. The summed E-state index contributed by atoms with van der Waals surface area (Å²) in [6.07, 6.45) is 1.71. The van der Waals surface area contributed by atoms with Crippen molar-refractivity contribution in [2.24, 2.45) is 0 Å². The van der Waals surface area contributed by atoms with Crippen LogP contribution in [0.5, 0.6) is 0 Å². The topological polar surface area (TPSA) is 81.8 Å². The number of hydrogen-bond donors (Lipinski definition) is 2. The van der Waals surface area contributed by atoms with Gasteiger partial charge < -0.3 is 15.5 Å². The van der Waals surface area contributed by atoms with E-state index in [0.29, 0.717) is 17.9 Å². The number of likely N-dealkylation sites (N-methyl/N-ethyl adjacent to an activating group) is 1. The molecule has 1 aliphatic rings. The second kappa shape index (κ2) is 10.5. The van der Waals surface area contributed by atoms with Crippen LogP contribution in [0.1, 0.15) is 18.1 Å². The fraction of sp³-hybridized carbons (Fsp3) is 0.296. The Kier molecular flexibility index (Phi) is 7.42. The molecular formula is C27H30N4O3S. The summed E-state index contributed by atoms with van der Waals surface area (Å²) in [5, 5.41) is 7.76. The first-order valence-electron chi connectivity index (χ1n) is 11.6. The number of rotatable bonds is 5. The molecule has 3 amide bonds. The second-order valence-corrected chi connectivity index (χ2v) is 9.40. The fourth-order valence-corrected chi connectivity index (χ4v) is 4.77. The zero-order chi connectivity index (χ0) is 25.1. The first kappa shape index (κ1) is 24.8. The Balaban J connectivity index is 1.84. The van der Waals surface area contributed by atoms with E-state index in [1.807, 2.05) is 43.3 Å². The van der Waals surface area contributed by atoms with Crippen LogP contribution in [0.15, 0.2) is 60.7 Å². The van der Waals surface area contributed by atoms with Gasteiger partial charge in [-0.3, -0.25) is 19.3 Å². The number of carbonyl (C=O) groups excluding carboxylic acids is 3. The molecule has 0 aromatic heterocycles. The highest BCUT2D eigenvalue weighted by Gasteiger charge is 2.37. The van der Waals surface area contributed by atoms with E-state index in [-0.39, 0.29) is 23.6 Å². The summed E-state index contributed by atoms with van der Waals surface area (Å²) in [5.41, 5.74) is 3.39. The summed E-state index contributed by atoms with van der Waals surface area (Å²) in [6.45, 7) is 4.14. The molecule has 0 saturated heterocycles. The Hall–Kier alpha value is -3.36. The van der Waals surface area contributed by atoms with Crippen LogP contribution < -0.4 is 20.4 Å².